The lowest BCUT2D eigenvalue weighted by Crippen LogP contribution is -2.35. The average Bonchev–Trinajstić information content (AvgIpc) is 3.86. The van der Waals surface area contributed by atoms with E-state index in [2.05, 4.69) is 101 Å². The van der Waals surface area contributed by atoms with E-state index in [0.29, 0.717) is 36.5 Å². The van der Waals surface area contributed by atoms with Crippen LogP contribution in [0.4, 0.5) is 0 Å². The molecular formula is C52H64N4O7. The molecule has 63 heavy (non-hydrogen) atoms. The minimum atomic E-state index is -0.957. The van der Waals surface area contributed by atoms with Crippen molar-refractivity contribution in [2.24, 2.45) is 0 Å². The van der Waals surface area contributed by atoms with Crippen LogP contribution in [0.2, 0.25) is 0 Å². The van der Waals surface area contributed by atoms with Gasteiger partial charge in [0.15, 0.2) is 0 Å². The van der Waals surface area contributed by atoms with Gasteiger partial charge in [0, 0.05) is 60.4 Å². The van der Waals surface area contributed by atoms with Crippen molar-refractivity contribution in [3.05, 3.63) is 132 Å². The van der Waals surface area contributed by atoms with Crippen molar-refractivity contribution >= 4 is 33.7 Å². The molecule has 2 fully saturated rings. The Labute approximate surface area is 371 Å². The van der Waals surface area contributed by atoms with Crippen molar-refractivity contribution in [1.29, 1.82) is 0 Å². The lowest BCUT2D eigenvalue weighted by atomic mass is 9.89. The summed E-state index contributed by atoms with van der Waals surface area (Å²) >= 11 is 0. The van der Waals surface area contributed by atoms with Gasteiger partial charge in [0.1, 0.15) is 35.8 Å². The highest BCUT2D eigenvalue weighted by atomic mass is 16.5. The van der Waals surface area contributed by atoms with Crippen molar-refractivity contribution in [3.63, 3.8) is 0 Å². The molecule has 2 aromatic heterocycles. The van der Waals surface area contributed by atoms with Gasteiger partial charge >= 0.3 is 11.9 Å². The van der Waals surface area contributed by atoms with E-state index in [1.807, 2.05) is 6.07 Å². The molecule has 6 aromatic rings. The number of carboxylic acids is 2. The number of hydrogen-bond acceptors (Lipinski definition) is 7. The van der Waals surface area contributed by atoms with Gasteiger partial charge in [0.05, 0.1) is 12.7 Å². The predicted molar refractivity (Wildman–Crippen MR) is 250 cm³/mol. The molecule has 334 valence electrons. The first-order valence-corrected chi connectivity index (χ1v) is 22.8. The number of aromatic nitrogens is 2. The Morgan fingerprint density at radius 3 is 1.41 bits per heavy atom. The fraction of sp³-hybridized carbons (Fsp3) is 0.423. The summed E-state index contributed by atoms with van der Waals surface area (Å²) in [5.41, 5.74) is 6.01. The summed E-state index contributed by atoms with van der Waals surface area (Å²) in [6, 6.07) is 31.1. The van der Waals surface area contributed by atoms with Gasteiger partial charge in [-0.15, -0.1) is 0 Å². The molecule has 0 atom stereocenters. The predicted octanol–water partition coefficient (Wildman–Crippen LogP) is 10.0. The number of piperidine rings is 2. The summed E-state index contributed by atoms with van der Waals surface area (Å²) in [5.74, 6) is 0.123. The summed E-state index contributed by atoms with van der Waals surface area (Å²) < 4.78 is 22.1. The highest BCUT2D eigenvalue weighted by molar-refractivity contribution is 5.91. The van der Waals surface area contributed by atoms with Crippen LogP contribution in [0.5, 0.6) is 11.5 Å². The second-order valence-corrected chi connectivity index (χ2v) is 17.0. The molecule has 0 saturated carbocycles. The van der Waals surface area contributed by atoms with Crippen LogP contribution in [-0.2, 0) is 17.8 Å². The number of aromatic carboxylic acids is 2. The minimum absolute atomic E-state index is 0.214. The number of aryl methyl sites for hydroxylation is 1. The molecule has 11 heteroatoms. The van der Waals surface area contributed by atoms with E-state index in [9.17, 15) is 19.8 Å². The summed E-state index contributed by atoms with van der Waals surface area (Å²) in [5, 5.41) is 21.3. The van der Waals surface area contributed by atoms with E-state index >= 15 is 0 Å². The normalized spacial score (nSPS) is 15.4. The Kier molecular flexibility index (Phi) is 16.0. The Balaban J connectivity index is 0.000000190. The smallest absolute Gasteiger partial charge is 0.339 e. The summed E-state index contributed by atoms with van der Waals surface area (Å²) in [6.45, 7) is 15.8. The van der Waals surface area contributed by atoms with Crippen molar-refractivity contribution in [2.75, 3.05) is 59.1 Å². The van der Waals surface area contributed by atoms with E-state index in [0.717, 1.165) is 91.1 Å². The molecule has 0 amide bonds. The third kappa shape index (κ3) is 11.7. The van der Waals surface area contributed by atoms with Crippen molar-refractivity contribution in [1.82, 2.24) is 18.9 Å². The fourth-order valence-electron chi connectivity index (χ4n) is 9.24. The number of benzene rings is 4. The average molecular weight is 857 g/mol. The van der Waals surface area contributed by atoms with Crippen LogP contribution in [0.15, 0.2) is 109 Å². The highest BCUT2D eigenvalue weighted by Gasteiger charge is 2.25. The monoisotopic (exact) mass is 856 g/mol. The molecule has 8 rings (SSSR count). The van der Waals surface area contributed by atoms with Crippen LogP contribution in [-0.4, -0.2) is 106 Å². The molecule has 0 aliphatic carbocycles. The lowest BCUT2D eigenvalue weighted by Gasteiger charge is -2.31. The molecule has 4 aromatic carbocycles. The van der Waals surface area contributed by atoms with Gasteiger partial charge in [-0.2, -0.15) is 0 Å². The number of carboxylic acid groups (broad SMARTS) is 2. The van der Waals surface area contributed by atoms with Crippen LogP contribution in [0.25, 0.3) is 21.8 Å². The largest absolute Gasteiger partial charge is 0.491 e. The molecule has 0 bridgehead atoms. The van der Waals surface area contributed by atoms with E-state index in [1.165, 1.54) is 32.9 Å². The molecule has 0 spiro atoms. The van der Waals surface area contributed by atoms with Gasteiger partial charge in [0.25, 0.3) is 0 Å². The second kappa shape index (κ2) is 22.1. The van der Waals surface area contributed by atoms with E-state index in [1.54, 1.807) is 42.5 Å². The number of hydrogen-bond donors (Lipinski definition) is 2. The van der Waals surface area contributed by atoms with Crippen LogP contribution >= 0.6 is 0 Å². The van der Waals surface area contributed by atoms with Crippen LogP contribution in [0.1, 0.15) is 96.6 Å². The SMILES string of the molecule is CC(C)OCCn1cc(C2CCN(CCOc3ccccc3C(=O)O)CC2)c2ccccc21.CCCn1cc(C2CCN(CCOc3ccccc3C(=O)O)CC2)c2ccccc21. The number of likely N-dealkylation sites (tertiary alicyclic amines) is 2. The summed E-state index contributed by atoms with van der Waals surface area (Å²) in [7, 11) is 0. The zero-order valence-corrected chi connectivity index (χ0v) is 37.2. The molecule has 0 radical (unpaired) electrons. The van der Waals surface area contributed by atoms with Gasteiger partial charge in [0.2, 0.25) is 0 Å². The fourth-order valence-corrected chi connectivity index (χ4v) is 9.24. The maximum Gasteiger partial charge on any atom is 0.339 e. The zero-order valence-electron chi connectivity index (χ0n) is 37.2. The molecule has 0 unspecified atom stereocenters. The topological polar surface area (TPSA) is 119 Å². The maximum atomic E-state index is 11.3. The van der Waals surface area contributed by atoms with Gasteiger partial charge in [-0.3, -0.25) is 9.80 Å². The van der Waals surface area contributed by atoms with Crippen LogP contribution in [0, 0.1) is 0 Å². The summed E-state index contributed by atoms with van der Waals surface area (Å²) in [4.78, 5) is 27.5. The molecule has 2 aliphatic rings. The third-order valence-corrected chi connectivity index (χ3v) is 12.5. The number of rotatable bonds is 18. The van der Waals surface area contributed by atoms with Gasteiger partial charge in [-0.25, -0.2) is 9.59 Å². The quantitative estimate of drug-likeness (QED) is 0.0871. The molecule has 2 saturated heterocycles. The molecule has 11 nitrogen and oxygen atoms in total. The van der Waals surface area contributed by atoms with Crippen molar-refractivity contribution < 1.29 is 34.0 Å². The maximum absolute atomic E-state index is 11.3. The van der Waals surface area contributed by atoms with Crippen LogP contribution < -0.4 is 9.47 Å². The lowest BCUT2D eigenvalue weighted by molar-refractivity contribution is 0.0680. The van der Waals surface area contributed by atoms with Gasteiger partial charge in [-0.1, -0.05) is 67.6 Å². The van der Waals surface area contributed by atoms with E-state index < -0.39 is 11.9 Å². The number of carbonyl (C=O) groups is 2. The van der Waals surface area contributed by atoms with Gasteiger partial charge < -0.3 is 33.6 Å². The first kappa shape index (κ1) is 45.4. The Morgan fingerprint density at radius 2 is 0.984 bits per heavy atom. The second-order valence-electron chi connectivity index (χ2n) is 17.0. The number of fused-ring (bicyclic) bond motifs is 2. The highest BCUT2D eigenvalue weighted by Crippen LogP contribution is 2.36. The van der Waals surface area contributed by atoms with E-state index in [-0.39, 0.29) is 17.2 Å². The molecule has 2 aliphatic heterocycles. The Morgan fingerprint density at radius 1 is 0.571 bits per heavy atom. The number of nitrogens with zero attached hydrogens (tertiary/aromatic N) is 4. The van der Waals surface area contributed by atoms with E-state index in [4.69, 9.17) is 14.2 Å². The van der Waals surface area contributed by atoms with Gasteiger partial charge in [-0.05, 0) is 131 Å². The standard InChI is InChI=1S/C27H34N2O4.C25H30N2O3/c1-20(2)32-18-16-29-19-24(22-7-3-5-9-25(22)29)21-11-13-28(14-12-21)15-17-33-26-10-6-4-8-23(26)27(30)31;1-2-13-27-18-22(20-7-3-5-9-23(20)27)19-11-14-26(15-12-19)16-17-30-24-10-6-4-8-21(24)25(28)29/h3-10,19-21H,11-18H2,1-2H3,(H,30,31);3-10,18-19H,2,11-17H2,1H3,(H,28,29). The summed E-state index contributed by atoms with van der Waals surface area (Å²) in [6.07, 6.45) is 10.6. The minimum Gasteiger partial charge on any atom is -0.491 e. The molecule has 4 heterocycles. The zero-order chi connectivity index (χ0) is 44.1. The number of ether oxygens (including phenoxy) is 3. The Hall–Kier alpha value is -5.62. The molecular weight excluding hydrogens is 793 g/mol. The molecule has 2 N–H and O–H groups in total. The Bertz CT molecular complexity index is 2400. The van der Waals surface area contributed by atoms with Crippen molar-refractivity contribution in [2.45, 2.75) is 83.9 Å². The number of para-hydroxylation sites is 4. The van der Waals surface area contributed by atoms with Crippen molar-refractivity contribution in [3.8, 4) is 11.5 Å². The third-order valence-electron chi connectivity index (χ3n) is 12.5. The first-order valence-electron chi connectivity index (χ1n) is 22.8. The van der Waals surface area contributed by atoms with Crippen LogP contribution in [0.3, 0.4) is 0 Å². The first-order chi connectivity index (χ1) is 30.7.